The first-order valence-corrected chi connectivity index (χ1v) is 19.5. The highest BCUT2D eigenvalue weighted by molar-refractivity contribution is 6.06. The molecular weight excluding hydrogens is 693 g/mol. The predicted molar refractivity (Wildman–Crippen MR) is 234 cm³/mol. The van der Waals surface area contributed by atoms with Crippen LogP contribution in [0.25, 0.3) is 89.2 Å². The van der Waals surface area contributed by atoms with Gasteiger partial charge in [0.1, 0.15) is 11.2 Å². The Morgan fingerprint density at radius 1 is 0.368 bits per heavy atom. The Kier molecular flexibility index (Phi) is 7.61. The summed E-state index contributed by atoms with van der Waals surface area (Å²) >= 11 is 0. The van der Waals surface area contributed by atoms with Gasteiger partial charge in [0.15, 0.2) is 5.82 Å². The minimum Gasteiger partial charge on any atom is -0.456 e. The lowest BCUT2D eigenvalue weighted by Gasteiger charge is -2.28. The molecule has 11 rings (SSSR count). The number of fused-ring (bicyclic) bond motifs is 6. The standard InChI is InChI=1S/C54H36N2O/c1-54(42-20-6-3-7-21-42)47-24-10-8-22-43(47)45-32-38(26-28-48(45)54)36-16-12-18-40(30-36)49-34-50(56-53(55-49)35-14-4-2-5-15-35)41-19-13-17-37(31-41)39-27-29-52-46(33-39)44-23-9-11-25-51(44)57-52/h2-34H,1H3. The molecule has 3 nitrogen and oxygen atoms in total. The Hall–Kier alpha value is -7.36. The van der Waals surface area contributed by atoms with Crippen molar-refractivity contribution in [1.82, 2.24) is 9.97 Å². The van der Waals surface area contributed by atoms with Gasteiger partial charge in [-0.05, 0) is 99.5 Å². The van der Waals surface area contributed by atoms with Crippen molar-refractivity contribution in [2.45, 2.75) is 12.3 Å². The smallest absolute Gasteiger partial charge is 0.160 e. The first kappa shape index (κ1) is 33.0. The highest BCUT2D eigenvalue weighted by Gasteiger charge is 2.40. The van der Waals surface area contributed by atoms with Gasteiger partial charge in [-0.3, -0.25) is 0 Å². The molecule has 0 radical (unpaired) electrons. The average Bonchev–Trinajstić information content (AvgIpc) is 3.79. The van der Waals surface area contributed by atoms with E-state index < -0.39 is 0 Å². The zero-order valence-corrected chi connectivity index (χ0v) is 31.4. The number of benzene rings is 8. The number of para-hydroxylation sites is 1. The van der Waals surface area contributed by atoms with Gasteiger partial charge in [-0.2, -0.15) is 0 Å². The van der Waals surface area contributed by atoms with Gasteiger partial charge in [0.2, 0.25) is 0 Å². The summed E-state index contributed by atoms with van der Waals surface area (Å²) in [6.45, 7) is 2.36. The van der Waals surface area contributed by atoms with Gasteiger partial charge in [0.05, 0.1) is 11.4 Å². The molecule has 1 atom stereocenters. The highest BCUT2D eigenvalue weighted by atomic mass is 16.3. The van der Waals surface area contributed by atoms with E-state index in [-0.39, 0.29) is 5.41 Å². The number of aromatic nitrogens is 2. The molecule has 0 aliphatic heterocycles. The quantitative estimate of drug-likeness (QED) is 0.171. The number of hydrogen-bond acceptors (Lipinski definition) is 3. The summed E-state index contributed by atoms with van der Waals surface area (Å²) in [5.74, 6) is 0.694. The molecule has 57 heavy (non-hydrogen) atoms. The van der Waals surface area contributed by atoms with Gasteiger partial charge in [-0.25, -0.2) is 9.97 Å². The molecule has 0 amide bonds. The van der Waals surface area contributed by atoms with Crippen LogP contribution in [-0.2, 0) is 5.41 Å². The number of nitrogens with zero attached hydrogens (tertiary/aromatic N) is 2. The van der Waals surface area contributed by atoms with Crippen LogP contribution in [0.1, 0.15) is 23.6 Å². The van der Waals surface area contributed by atoms with E-state index >= 15 is 0 Å². The SMILES string of the molecule is CC1(c2ccccc2)c2ccccc2-c2cc(-c3cccc(-c4cc(-c5cccc(-c6ccc7oc8ccccc8c7c6)c5)nc(-c5ccccc5)n4)c3)ccc21. The summed E-state index contributed by atoms with van der Waals surface area (Å²) in [7, 11) is 0. The summed E-state index contributed by atoms with van der Waals surface area (Å²) in [5, 5.41) is 2.23. The van der Waals surface area contributed by atoms with E-state index in [1.54, 1.807) is 0 Å². The van der Waals surface area contributed by atoms with Crippen LogP contribution in [0.5, 0.6) is 0 Å². The average molecular weight is 729 g/mol. The van der Waals surface area contributed by atoms with Crippen molar-refractivity contribution in [3.05, 3.63) is 217 Å². The molecular formula is C54H36N2O. The lowest BCUT2D eigenvalue weighted by atomic mass is 9.74. The Bertz CT molecular complexity index is 3140. The van der Waals surface area contributed by atoms with Crippen LogP contribution < -0.4 is 0 Å². The van der Waals surface area contributed by atoms with Crippen LogP contribution >= 0.6 is 0 Å². The van der Waals surface area contributed by atoms with Crippen molar-refractivity contribution < 1.29 is 4.42 Å². The van der Waals surface area contributed by atoms with Crippen LogP contribution in [0.3, 0.4) is 0 Å². The van der Waals surface area contributed by atoms with E-state index in [9.17, 15) is 0 Å². The second-order valence-corrected chi connectivity index (χ2v) is 15.1. The molecule has 0 bridgehead atoms. The fourth-order valence-electron chi connectivity index (χ4n) is 8.85. The summed E-state index contributed by atoms with van der Waals surface area (Å²) in [6, 6.07) is 71.2. The van der Waals surface area contributed by atoms with Crippen molar-refractivity contribution in [2.24, 2.45) is 0 Å². The normalized spacial score (nSPS) is 14.5. The highest BCUT2D eigenvalue weighted by Crippen LogP contribution is 2.53. The molecule has 2 aromatic heterocycles. The molecule has 1 aliphatic rings. The zero-order chi connectivity index (χ0) is 37.9. The zero-order valence-electron chi connectivity index (χ0n) is 31.4. The molecule has 0 spiro atoms. The second kappa shape index (κ2) is 13.1. The minimum atomic E-state index is -0.226. The van der Waals surface area contributed by atoms with E-state index in [1.807, 2.05) is 30.3 Å². The van der Waals surface area contributed by atoms with Crippen molar-refractivity contribution >= 4 is 21.9 Å². The van der Waals surface area contributed by atoms with E-state index in [0.29, 0.717) is 5.82 Å². The molecule has 0 saturated heterocycles. The maximum absolute atomic E-state index is 6.12. The first-order chi connectivity index (χ1) is 28.1. The van der Waals surface area contributed by atoms with E-state index in [2.05, 4.69) is 177 Å². The first-order valence-electron chi connectivity index (χ1n) is 19.5. The van der Waals surface area contributed by atoms with Crippen molar-refractivity contribution in [2.75, 3.05) is 0 Å². The maximum atomic E-state index is 6.12. The third-order valence-electron chi connectivity index (χ3n) is 11.8. The third-order valence-corrected chi connectivity index (χ3v) is 11.8. The Labute approximate surface area is 331 Å². The fourth-order valence-corrected chi connectivity index (χ4v) is 8.85. The van der Waals surface area contributed by atoms with E-state index in [0.717, 1.165) is 66.7 Å². The molecule has 10 aromatic rings. The third kappa shape index (κ3) is 5.50. The monoisotopic (exact) mass is 728 g/mol. The summed E-state index contributed by atoms with van der Waals surface area (Å²) in [6.07, 6.45) is 0. The molecule has 8 aromatic carbocycles. The minimum absolute atomic E-state index is 0.226. The lowest BCUT2D eigenvalue weighted by Crippen LogP contribution is -2.22. The topological polar surface area (TPSA) is 38.9 Å². The van der Waals surface area contributed by atoms with Gasteiger partial charge in [0, 0.05) is 32.9 Å². The van der Waals surface area contributed by atoms with Crippen LogP contribution in [0.2, 0.25) is 0 Å². The molecule has 0 N–H and O–H groups in total. The summed E-state index contributed by atoms with van der Waals surface area (Å²) in [5.41, 5.74) is 17.5. The predicted octanol–water partition coefficient (Wildman–Crippen LogP) is 14.0. The van der Waals surface area contributed by atoms with Gasteiger partial charge < -0.3 is 4.42 Å². The summed E-state index contributed by atoms with van der Waals surface area (Å²) < 4.78 is 6.12. The van der Waals surface area contributed by atoms with Crippen LogP contribution in [-0.4, -0.2) is 9.97 Å². The van der Waals surface area contributed by atoms with Gasteiger partial charge in [-0.15, -0.1) is 0 Å². The second-order valence-electron chi connectivity index (χ2n) is 15.1. The van der Waals surface area contributed by atoms with Crippen LogP contribution in [0.15, 0.2) is 205 Å². The number of hydrogen-bond donors (Lipinski definition) is 0. The van der Waals surface area contributed by atoms with Gasteiger partial charge in [-0.1, -0.05) is 158 Å². The number of rotatable bonds is 6. The van der Waals surface area contributed by atoms with Crippen molar-refractivity contribution in [1.29, 1.82) is 0 Å². The molecule has 0 fully saturated rings. The van der Waals surface area contributed by atoms with Crippen LogP contribution in [0, 0.1) is 0 Å². The van der Waals surface area contributed by atoms with Gasteiger partial charge in [0.25, 0.3) is 0 Å². The molecule has 0 saturated carbocycles. The van der Waals surface area contributed by atoms with E-state index in [1.165, 1.54) is 33.4 Å². The Morgan fingerprint density at radius 3 is 1.67 bits per heavy atom. The molecule has 3 heteroatoms. The van der Waals surface area contributed by atoms with Crippen LogP contribution in [0.4, 0.5) is 0 Å². The fraction of sp³-hybridized carbons (Fsp3) is 0.0370. The molecule has 1 unspecified atom stereocenters. The molecule has 268 valence electrons. The Balaban J connectivity index is 1.00. The largest absolute Gasteiger partial charge is 0.456 e. The molecule has 2 heterocycles. The van der Waals surface area contributed by atoms with Crippen molar-refractivity contribution in [3.63, 3.8) is 0 Å². The van der Waals surface area contributed by atoms with Crippen molar-refractivity contribution in [3.8, 4) is 67.3 Å². The Morgan fingerprint density at radius 2 is 0.912 bits per heavy atom. The number of furan rings is 1. The molecule has 1 aliphatic carbocycles. The lowest BCUT2D eigenvalue weighted by molar-refractivity contribution is 0.669. The van der Waals surface area contributed by atoms with Gasteiger partial charge >= 0.3 is 0 Å². The maximum Gasteiger partial charge on any atom is 0.160 e. The van der Waals surface area contributed by atoms with E-state index in [4.69, 9.17) is 14.4 Å². The summed E-state index contributed by atoms with van der Waals surface area (Å²) in [4.78, 5) is 10.4.